The second-order valence-corrected chi connectivity index (χ2v) is 14.1. The van der Waals surface area contributed by atoms with Gasteiger partial charge in [0, 0.05) is 39.9 Å². The number of amides is 1. The van der Waals surface area contributed by atoms with E-state index in [4.69, 9.17) is 4.74 Å². The van der Waals surface area contributed by atoms with Crippen molar-refractivity contribution in [2.75, 3.05) is 13.2 Å². The van der Waals surface area contributed by atoms with E-state index in [9.17, 15) is 35.9 Å². The summed E-state index contributed by atoms with van der Waals surface area (Å²) in [5, 5.41) is 13.6. The van der Waals surface area contributed by atoms with Crippen molar-refractivity contribution < 1.29 is 40.7 Å². The van der Waals surface area contributed by atoms with Gasteiger partial charge < -0.3 is 10.1 Å². The maximum atomic E-state index is 13.3. The monoisotopic (exact) mass is 817 g/mol. The number of hydrogen-bond donors (Lipinski definition) is 1. The molecule has 8 nitrogen and oxygen atoms in total. The van der Waals surface area contributed by atoms with E-state index in [1.165, 1.54) is 12.1 Å². The molecule has 0 spiro atoms. The van der Waals surface area contributed by atoms with Gasteiger partial charge in [0.2, 0.25) is 0 Å². The second kappa shape index (κ2) is 16.2. The Bertz CT molecular complexity index is 2680. The molecule has 2 aromatic heterocycles. The number of benzene rings is 6. The van der Waals surface area contributed by atoms with Crippen LogP contribution in [0.5, 0.6) is 0 Å². The van der Waals surface area contributed by atoms with Crippen LogP contribution in [0, 0.1) is 0 Å². The number of rotatable bonds is 11. The maximum Gasteiger partial charge on any atom is 0.416 e. The standard InChI is InChI=1S/C46H33F6N5O3/c47-45(48,49)37-15-1-7-29(21-37)25-56-27-35-13-5-17-39(41(35)54-56)31-9-3-11-33(23-31)43(58)53-19-20-60-44(59)34-12-4-10-32(24-34)40-18-6-14-36-28-57(55-42(36)40)26-30-8-2-16-38(22-30)46(50,51)52/h1-18,21-24,27-28H,19-20,25-26H2,(H,53,58). The molecule has 0 unspecified atom stereocenters. The first-order chi connectivity index (χ1) is 28.8. The predicted octanol–water partition coefficient (Wildman–Crippen LogP) is 10.4. The van der Waals surface area contributed by atoms with Gasteiger partial charge in [0.25, 0.3) is 5.91 Å². The number of aromatic nitrogens is 4. The van der Waals surface area contributed by atoms with Crippen molar-refractivity contribution in [3.05, 3.63) is 179 Å². The lowest BCUT2D eigenvalue weighted by Gasteiger charge is -2.10. The van der Waals surface area contributed by atoms with Crippen LogP contribution < -0.4 is 5.32 Å². The molecule has 14 heteroatoms. The van der Waals surface area contributed by atoms with E-state index in [1.807, 2.05) is 48.5 Å². The first-order valence-electron chi connectivity index (χ1n) is 18.7. The number of carbonyl (C=O) groups is 2. The van der Waals surface area contributed by atoms with Crippen LogP contribution in [0.1, 0.15) is 43.0 Å². The van der Waals surface area contributed by atoms with Gasteiger partial charge in [-0.25, -0.2) is 4.79 Å². The van der Waals surface area contributed by atoms with Gasteiger partial charge in [-0.15, -0.1) is 0 Å². The fraction of sp³-hybridized carbons (Fsp3) is 0.130. The lowest BCUT2D eigenvalue weighted by Crippen LogP contribution is -2.28. The van der Waals surface area contributed by atoms with Crippen molar-refractivity contribution in [2.45, 2.75) is 25.4 Å². The molecule has 0 fully saturated rings. The Labute approximate surface area is 338 Å². The zero-order valence-electron chi connectivity index (χ0n) is 31.5. The topological polar surface area (TPSA) is 91.0 Å². The molecular formula is C46H33F6N5O3. The summed E-state index contributed by atoms with van der Waals surface area (Å²) in [6.45, 7) is 0.197. The van der Waals surface area contributed by atoms with E-state index in [0.29, 0.717) is 38.9 Å². The highest BCUT2D eigenvalue weighted by molar-refractivity contribution is 5.99. The van der Waals surface area contributed by atoms with Crippen molar-refractivity contribution in [1.29, 1.82) is 0 Å². The summed E-state index contributed by atoms with van der Waals surface area (Å²) >= 11 is 0. The average Bonchev–Trinajstić information content (AvgIpc) is 3.85. The fourth-order valence-corrected chi connectivity index (χ4v) is 7.02. The summed E-state index contributed by atoms with van der Waals surface area (Å²) < 4.78 is 88.2. The van der Waals surface area contributed by atoms with Crippen molar-refractivity contribution in [3.8, 4) is 22.3 Å². The normalized spacial score (nSPS) is 11.9. The third kappa shape index (κ3) is 8.77. The fourth-order valence-electron chi connectivity index (χ4n) is 7.02. The van der Waals surface area contributed by atoms with Gasteiger partial charge in [0.1, 0.15) is 17.6 Å². The van der Waals surface area contributed by atoms with Crippen LogP contribution in [-0.4, -0.2) is 44.6 Å². The van der Waals surface area contributed by atoms with E-state index in [2.05, 4.69) is 15.5 Å². The Kier molecular flexibility index (Phi) is 10.7. The number of carbonyl (C=O) groups excluding carboxylic acids is 2. The summed E-state index contributed by atoms with van der Waals surface area (Å²) in [6.07, 6.45) is -5.39. The Morgan fingerprint density at radius 2 is 1.03 bits per heavy atom. The molecule has 302 valence electrons. The molecule has 0 saturated carbocycles. The number of nitrogens with zero attached hydrogens (tertiary/aromatic N) is 4. The van der Waals surface area contributed by atoms with Crippen LogP contribution >= 0.6 is 0 Å². The molecular weight excluding hydrogens is 785 g/mol. The van der Waals surface area contributed by atoms with Gasteiger partial charge in [-0.05, 0) is 70.8 Å². The largest absolute Gasteiger partial charge is 0.460 e. The minimum Gasteiger partial charge on any atom is -0.460 e. The molecule has 0 saturated heterocycles. The van der Waals surface area contributed by atoms with Gasteiger partial charge in [-0.1, -0.05) is 84.9 Å². The number of hydrogen-bond acceptors (Lipinski definition) is 5. The average molecular weight is 818 g/mol. The number of alkyl halides is 6. The maximum absolute atomic E-state index is 13.3. The number of halogens is 6. The van der Waals surface area contributed by atoms with Gasteiger partial charge in [-0.3, -0.25) is 14.2 Å². The van der Waals surface area contributed by atoms with Gasteiger partial charge >= 0.3 is 18.3 Å². The zero-order valence-corrected chi connectivity index (χ0v) is 31.5. The molecule has 0 aliphatic heterocycles. The molecule has 6 aromatic carbocycles. The lowest BCUT2D eigenvalue weighted by atomic mass is 10.0. The van der Waals surface area contributed by atoms with Crippen LogP contribution in [0.3, 0.4) is 0 Å². The van der Waals surface area contributed by atoms with Crippen LogP contribution in [-0.2, 0) is 30.2 Å². The minimum atomic E-state index is -4.45. The van der Waals surface area contributed by atoms with Crippen LogP contribution in [0.4, 0.5) is 26.3 Å². The number of ether oxygens (including phenoxy) is 1. The van der Waals surface area contributed by atoms with Gasteiger partial charge in [-0.2, -0.15) is 36.5 Å². The number of esters is 1. The third-order valence-corrected chi connectivity index (χ3v) is 9.83. The summed E-state index contributed by atoms with van der Waals surface area (Å²) in [4.78, 5) is 26.3. The highest BCUT2D eigenvalue weighted by Crippen LogP contribution is 2.33. The lowest BCUT2D eigenvalue weighted by molar-refractivity contribution is -0.138. The van der Waals surface area contributed by atoms with Gasteiger partial charge in [0.15, 0.2) is 0 Å². The molecule has 0 radical (unpaired) electrons. The van der Waals surface area contributed by atoms with Crippen LogP contribution in [0.2, 0.25) is 0 Å². The van der Waals surface area contributed by atoms with E-state index < -0.39 is 35.4 Å². The van der Waals surface area contributed by atoms with Crippen LogP contribution in [0.25, 0.3) is 44.1 Å². The third-order valence-electron chi connectivity index (χ3n) is 9.83. The van der Waals surface area contributed by atoms with Crippen LogP contribution in [0.15, 0.2) is 146 Å². The Morgan fingerprint density at radius 1 is 0.567 bits per heavy atom. The second-order valence-electron chi connectivity index (χ2n) is 14.1. The zero-order chi connectivity index (χ0) is 42.0. The summed E-state index contributed by atoms with van der Waals surface area (Å²) in [7, 11) is 0. The molecule has 8 aromatic rings. The van der Waals surface area contributed by atoms with Crippen molar-refractivity contribution in [1.82, 2.24) is 24.9 Å². The molecule has 0 aliphatic carbocycles. The summed E-state index contributed by atoms with van der Waals surface area (Å²) in [5.41, 5.74) is 4.17. The highest BCUT2D eigenvalue weighted by atomic mass is 19.4. The Hall–Kier alpha value is -7.22. The van der Waals surface area contributed by atoms with E-state index in [0.717, 1.165) is 46.2 Å². The molecule has 2 heterocycles. The molecule has 8 rings (SSSR count). The molecule has 0 atom stereocenters. The molecule has 0 aliphatic rings. The molecule has 0 bridgehead atoms. The highest BCUT2D eigenvalue weighted by Gasteiger charge is 2.31. The van der Waals surface area contributed by atoms with Crippen molar-refractivity contribution in [3.63, 3.8) is 0 Å². The number of nitrogens with one attached hydrogen (secondary N) is 1. The van der Waals surface area contributed by atoms with Crippen molar-refractivity contribution in [2.24, 2.45) is 0 Å². The van der Waals surface area contributed by atoms with E-state index >= 15 is 0 Å². The first kappa shape index (κ1) is 39.6. The Morgan fingerprint density at radius 3 is 1.55 bits per heavy atom. The Balaban J connectivity index is 0.892. The minimum absolute atomic E-state index is 0.0344. The SMILES string of the molecule is O=C(NCCOC(=O)c1cccc(-c2cccc3cn(Cc4cccc(C(F)(F)F)c4)nc23)c1)c1cccc(-c2cccc3cn(Cc4cccc(C(F)(F)F)c4)nc23)c1. The van der Waals surface area contributed by atoms with Gasteiger partial charge in [0.05, 0.1) is 36.3 Å². The van der Waals surface area contributed by atoms with Crippen molar-refractivity contribution >= 4 is 33.7 Å². The molecule has 60 heavy (non-hydrogen) atoms. The first-order valence-corrected chi connectivity index (χ1v) is 18.7. The molecule has 1 amide bonds. The quantitative estimate of drug-likeness (QED) is 0.0798. The smallest absolute Gasteiger partial charge is 0.416 e. The summed E-state index contributed by atoms with van der Waals surface area (Å²) in [5.74, 6) is -0.992. The molecule has 1 N–H and O–H groups in total. The van der Waals surface area contributed by atoms with E-state index in [1.54, 1.807) is 70.3 Å². The van der Waals surface area contributed by atoms with E-state index in [-0.39, 0.29) is 31.8 Å². The predicted molar refractivity (Wildman–Crippen MR) is 214 cm³/mol. The number of fused-ring (bicyclic) bond motifs is 2. The summed E-state index contributed by atoms with van der Waals surface area (Å²) in [6, 6.07) is 35.0.